The van der Waals surface area contributed by atoms with Crippen LogP contribution >= 0.6 is 23.2 Å². The summed E-state index contributed by atoms with van der Waals surface area (Å²) in [4.78, 5) is 32.4. The number of aliphatic hydroxyl groups is 1. The van der Waals surface area contributed by atoms with Gasteiger partial charge in [-0.3, -0.25) is 18.7 Å². The highest BCUT2D eigenvalue weighted by Crippen LogP contribution is 2.30. The number of carbonyl (C=O) groups is 1. The predicted octanol–water partition coefficient (Wildman–Crippen LogP) is 4.66. The van der Waals surface area contributed by atoms with Gasteiger partial charge in [-0.05, 0) is 74.2 Å². The largest absolute Gasteiger partial charge is 0.388 e. The van der Waals surface area contributed by atoms with Crippen LogP contribution in [-0.4, -0.2) is 68.0 Å². The molecule has 4 heterocycles. The Labute approximate surface area is 257 Å². The number of rotatable bonds is 5. The van der Waals surface area contributed by atoms with Crippen LogP contribution in [0.2, 0.25) is 10.2 Å². The lowest BCUT2D eigenvalue weighted by atomic mass is 9.91. The van der Waals surface area contributed by atoms with E-state index in [2.05, 4.69) is 10.3 Å². The molecule has 4 aromatic rings. The predicted molar refractivity (Wildman–Crippen MR) is 163 cm³/mol. The molecule has 2 aliphatic heterocycles. The van der Waals surface area contributed by atoms with Crippen molar-refractivity contribution in [2.75, 3.05) is 26.2 Å². The third kappa shape index (κ3) is 5.82. The minimum Gasteiger partial charge on any atom is -0.388 e. The van der Waals surface area contributed by atoms with Gasteiger partial charge in [-0.15, -0.1) is 0 Å². The highest BCUT2D eigenvalue weighted by molar-refractivity contribution is 6.31. The Balaban J connectivity index is 1.19. The Kier molecular flexibility index (Phi) is 8.08. The summed E-state index contributed by atoms with van der Waals surface area (Å²) < 4.78 is 23.2. The van der Waals surface area contributed by atoms with E-state index < -0.39 is 17.3 Å². The molecule has 2 atom stereocenters. The summed E-state index contributed by atoms with van der Waals surface area (Å²) in [5, 5.41) is 15.7. The van der Waals surface area contributed by atoms with Gasteiger partial charge in [-0.25, -0.2) is 9.37 Å². The Hall–Kier alpha value is -3.28. The van der Waals surface area contributed by atoms with Gasteiger partial charge in [0.05, 0.1) is 41.8 Å². The van der Waals surface area contributed by atoms with E-state index in [1.807, 2.05) is 32.0 Å². The maximum atomic E-state index is 14.3. The monoisotopic (exact) mass is 627 g/mol. The van der Waals surface area contributed by atoms with Crippen LogP contribution in [-0.2, 0) is 11.3 Å². The van der Waals surface area contributed by atoms with Gasteiger partial charge in [-0.1, -0.05) is 29.3 Å². The molecule has 43 heavy (non-hydrogen) atoms. The number of likely N-dealkylation sites (tertiary alicyclic amines) is 1. The van der Waals surface area contributed by atoms with Crippen LogP contribution in [0.1, 0.15) is 47.3 Å². The Morgan fingerprint density at radius 2 is 1.95 bits per heavy atom. The lowest BCUT2D eigenvalue weighted by Gasteiger charge is -2.38. The van der Waals surface area contributed by atoms with Crippen molar-refractivity contribution in [3.05, 3.63) is 91.8 Å². The summed E-state index contributed by atoms with van der Waals surface area (Å²) in [5.41, 5.74) is 1.76. The zero-order chi connectivity index (χ0) is 30.5. The Bertz CT molecular complexity index is 1760. The molecule has 0 bridgehead atoms. The first-order valence-corrected chi connectivity index (χ1v) is 15.0. The first-order valence-electron chi connectivity index (χ1n) is 14.2. The van der Waals surface area contributed by atoms with Crippen molar-refractivity contribution in [1.82, 2.24) is 24.3 Å². The minimum absolute atomic E-state index is 0.00219. The van der Waals surface area contributed by atoms with E-state index in [0.29, 0.717) is 22.8 Å². The Morgan fingerprint density at radius 3 is 2.63 bits per heavy atom. The van der Waals surface area contributed by atoms with Crippen molar-refractivity contribution in [2.45, 2.75) is 51.0 Å². The van der Waals surface area contributed by atoms with Gasteiger partial charge in [-0.2, -0.15) is 0 Å². The lowest BCUT2D eigenvalue weighted by Crippen LogP contribution is -2.49. The minimum atomic E-state index is -1.25. The van der Waals surface area contributed by atoms with Gasteiger partial charge >= 0.3 is 0 Å². The maximum Gasteiger partial charge on any atom is 0.262 e. The van der Waals surface area contributed by atoms with Crippen LogP contribution < -0.4 is 10.9 Å². The molecule has 0 radical (unpaired) electrons. The SMILES string of the molecule is Cc1cc(-n2c(Cl)cc3c(=O)n(CC4(O)CCN(C(=O)c5ccc(Cl)cc5F)CC4)cnc32)ccc1C1CO[C@H](C)CN1. The van der Waals surface area contributed by atoms with E-state index in [1.165, 1.54) is 27.9 Å². The van der Waals surface area contributed by atoms with E-state index >= 15 is 0 Å². The summed E-state index contributed by atoms with van der Waals surface area (Å²) in [6.45, 7) is 5.87. The first-order chi connectivity index (χ1) is 20.5. The number of piperidine rings is 1. The number of aromatic nitrogens is 3. The number of halogens is 3. The van der Waals surface area contributed by atoms with Crippen LogP contribution in [0, 0.1) is 12.7 Å². The number of nitrogens with one attached hydrogen (secondary N) is 1. The number of morpholine rings is 1. The summed E-state index contributed by atoms with van der Waals surface area (Å²) in [5.74, 6) is -1.15. The van der Waals surface area contributed by atoms with E-state index in [9.17, 15) is 19.1 Å². The molecule has 9 nitrogen and oxygen atoms in total. The lowest BCUT2D eigenvalue weighted by molar-refractivity contribution is -0.0300. The second-order valence-corrected chi connectivity index (χ2v) is 12.3. The van der Waals surface area contributed by atoms with Crippen LogP contribution in [0.3, 0.4) is 0 Å². The molecule has 0 spiro atoms. The molecule has 2 aromatic heterocycles. The molecular weight excluding hydrogens is 596 g/mol. The number of nitrogens with zero attached hydrogens (tertiary/aromatic N) is 4. The number of fused-ring (bicyclic) bond motifs is 1. The summed E-state index contributed by atoms with van der Waals surface area (Å²) in [7, 11) is 0. The van der Waals surface area contributed by atoms with Crippen LogP contribution in [0.15, 0.2) is 53.6 Å². The summed E-state index contributed by atoms with van der Waals surface area (Å²) >= 11 is 12.4. The normalized spacial score (nSPS) is 20.5. The molecule has 2 aromatic carbocycles. The molecular formula is C31H32Cl2FN5O4. The molecule has 2 fully saturated rings. The number of carbonyl (C=O) groups excluding carboxylic acids is 1. The second kappa shape index (κ2) is 11.7. The van der Waals surface area contributed by atoms with Gasteiger partial charge in [0.1, 0.15) is 17.3 Å². The number of aryl methyl sites for hydroxylation is 1. The fourth-order valence-electron chi connectivity index (χ4n) is 5.95. The molecule has 2 N–H and O–H groups in total. The summed E-state index contributed by atoms with van der Waals surface area (Å²) in [6, 6.07) is 11.6. The molecule has 2 saturated heterocycles. The van der Waals surface area contributed by atoms with E-state index in [-0.39, 0.29) is 60.8 Å². The van der Waals surface area contributed by atoms with Gasteiger partial charge in [0.15, 0.2) is 5.65 Å². The molecule has 0 aliphatic carbocycles. The molecule has 1 unspecified atom stereocenters. The van der Waals surface area contributed by atoms with Crippen LogP contribution in [0.25, 0.3) is 16.7 Å². The zero-order valence-corrected chi connectivity index (χ0v) is 25.3. The van der Waals surface area contributed by atoms with Crippen molar-refractivity contribution in [2.24, 2.45) is 0 Å². The number of benzene rings is 2. The third-order valence-corrected chi connectivity index (χ3v) is 8.95. The molecule has 1 amide bonds. The Morgan fingerprint density at radius 1 is 1.19 bits per heavy atom. The number of hydrogen-bond acceptors (Lipinski definition) is 6. The molecule has 12 heteroatoms. The van der Waals surface area contributed by atoms with Crippen molar-refractivity contribution >= 4 is 40.1 Å². The number of hydrogen-bond donors (Lipinski definition) is 2. The quantitative estimate of drug-likeness (QED) is 0.334. The molecule has 226 valence electrons. The van der Waals surface area contributed by atoms with E-state index in [1.54, 1.807) is 10.6 Å². The highest BCUT2D eigenvalue weighted by Gasteiger charge is 2.35. The van der Waals surface area contributed by atoms with Gasteiger partial charge in [0.2, 0.25) is 0 Å². The fraction of sp³-hybridized carbons (Fsp3) is 0.387. The second-order valence-electron chi connectivity index (χ2n) is 11.5. The summed E-state index contributed by atoms with van der Waals surface area (Å²) in [6.07, 6.45) is 2.03. The zero-order valence-electron chi connectivity index (χ0n) is 23.8. The maximum absolute atomic E-state index is 14.3. The standard InChI is InChI=1S/C31H32Cl2FN5O4/c1-18-11-21(4-6-22(18)26-15-43-19(2)14-35-26)39-27(33)13-24-28(39)36-17-38(30(24)41)16-31(42)7-9-37(10-8-31)29(40)23-5-3-20(32)12-25(23)34/h3-6,11-13,17,19,26,35,42H,7-10,14-16H2,1-2H3/t19-,26?/m1/s1. The van der Waals surface area contributed by atoms with Crippen molar-refractivity contribution < 1.29 is 19.0 Å². The van der Waals surface area contributed by atoms with Crippen LogP contribution in [0.5, 0.6) is 0 Å². The highest BCUT2D eigenvalue weighted by atomic mass is 35.5. The molecule has 2 aliphatic rings. The molecule has 6 rings (SSSR count). The third-order valence-electron chi connectivity index (χ3n) is 8.43. The first kappa shape index (κ1) is 29.8. The van der Waals surface area contributed by atoms with Crippen molar-refractivity contribution in [1.29, 1.82) is 0 Å². The molecule has 0 saturated carbocycles. The number of ether oxygens (including phenoxy) is 1. The fourth-order valence-corrected chi connectivity index (χ4v) is 6.40. The van der Waals surface area contributed by atoms with E-state index in [0.717, 1.165) is 29.4 Å². The van der Waals surface area contributed by atoms with Crippen LogP contribution in [0.4, 0.5) is 4.39 Å². The smallest absolute Gasteiger partial charge is 0.262 e. The average Bonchev–Trinajstić information content (AvgIpc) is 3.32. The topological polar surface area (TPSA) is 102 Å². The van der Waals surface area contributed by atoms with Gasteiger partial charge in [0.25, 0.3) is 11.5 Å². The van der Waals surface area contributed by atoms with Crippen molar-refractivity contribution in [3.63, 3.8) is 0 Å². The van der Waals surface area contributed by atoms with Gasteiger partial charge < -0.3 is 20.1 Å². The van der Waals surface area contributed by atoms with Gasteiger partial charge in [0, 0.05) is 30.3 Å². The van der Waals surface area contributed by atoms with E-state index in [4.69, 9.17) is 27.9 Å². The number of amides is 1. The van der Waals surface area contributed by atoms with Crippen molar-refractivity contribution in [3.8, 4) is 5.69 Å². The average molecular weight is 629 g/mol.